The Morgan fingerprint density at radius 2 is 1.83 bits per heavy atom. The molecule has 0 spiro atoms. The molecule has 4 nitrogen and oxygen atoms in total. The number of hydrogen-bond donors (Lipinski definition) is 1. The molecule has 24 heavy (non-hydrogen) atoms. The van der Waals surface area contributed by atoms with E-state index in [1.54, 1.807) is 0 Å². The van der Waals surface area contributed by atoms with Gasteiger partial charge in [0.2, 0.25) is 0 Å². The summed E-state index contributed by atoms with van der Waals surface area (Å²) in [5, 5.41) is 3.45. The highest BCUT2D eigenvalue weighted by molar-refractivity contribution is 5.85. The van der Waals surface area contributed by atoms with Crippen molar-refractivity contribution in [1.29, 1.82) is 0 Å². The van der Waals surface area contributed by atoms with Gasteiger partial charge in [-0.1, -0.05) is 18.2 Å². The van der Waals surface area contributed by atoms with E-state index in [2.05, 4.69) is 39.4 Å². The monoisotopic (exact) mass is 351 g/mol. The van der Waals surface area contributed by atoms with E-state index in [0.717, 1.165) is 44.0 Å². The van der Waals surface area contributed by atoms with Crippen molar-refractivity contribution in [1.82, 2.24) is 15.1 Å². The Labute approximate surface area is 151 Å². The predicted molar refractivity (Wildman–Crippen MR) is 100 cm³/mol. The molecule has 1 N–H and O–H groups in total. The first-order chi connectivity index (χ1) is 11.4. The van der Waals surface area contributed by atoms with Gasteiger partial charge >= 0.3 is 0 Å². The molecule has 1 saturated carbocycles. The topological polar surface area (TPSA) is 27.7 Å². The Morgan fingerprint density at radius 1 is 1.04 bits per heavy atom. The maximum absolute atomic E-state index is 6.07. The smallest absolute Gasteiger partial charge is 0.123 e. The third kappa shape index (κ3) is 4.63. The van der Waals surface area contributed by atoms with Crippen LogP contribution in [0.5, 0.6) is 5.75 Å². The van der Waals surface area contributed by atoms with Crippen LogP contribution in [-0.2, 0) is 6.54 Å². The van der Waals surface area contributed by atoms with Gasteiger partial charge in [0.05, 0.1) is 6.61 Å². The van der Waals surface area contributed by atoms with Crippen LogP contribution in [-0.4, -0.2) is 61.7 Å². The van der Waals surface area contributed by atoms with Crippen LogP contribution >= 0.6 is 12.4 Å². The summed E-state index contributed by atoms with van der Waals surface area (Å²) in [7, 11) is 0. The highest BCUT2D eigenvalue weighted by Gasteiger charge is 2.29. The summed E-state index contributed by atoms with van der Waals surface area (Å²) in [6, 6.07) is 9.36. The highest BCUT2D eigenvalue weighted by atomic mass is 35.5. The molecule has 0 bridgehead atoms. The van der Waals surface area contributed by atoms with E-state index >= 15 is 0 Å². The molecule has 2 saturated heterocycles. The minimum atomic E-state index is 0. The highest BCUT2D eigenvalue weighted by Crippen LogP contribution is 2.31. The molecule has 0 radical (unpaired) electrons. The third-order valence-corrected chi connectivity index (χ3v) is 5.45. The number of para-hydroxylation sites is 1. The number of likely N-dealkylation sites (tertiary alicyclic amines) is 1. The number of nitrogens with one attached hydrogen (secondary N) is 1. The second-order valence-corrected chi connectivity index (χ2v) is 7.33. The van der Waals surface area contributed by atoms with Gasteiger partial charge < -0.3 is 10.1 Å². The van der Waals surface area contributed by atoms with Crippen molar-refractivity contribution in [3.8, 4) is 5.75 Å². The first kappa shape index (κ1) is 18.0. The lowest BCUT2D eigenvalue weighted by atomic mass is 10.2. The van der Waals surface area contributed by atoms with Gasteiger partial charge in [0, 0.05) is 57.4 Å². The Morgan fingerprint density at radius 3 is 2.62 bits per heavy atom. The van der Waals surface area contributed by atoms with E-state index in [0.29, 0.717) is 0 Å². The molecule has 2 aliphatic heterocycles. The Kier molecular flexibility index (Phi) is 6.39. The molecule has 134 valence electrons. The molecular formula is C19H30ClN3O. The summed E-state index contributed by atoms with van der Waals surface area (Å²) < 4.78 is 6.07. The van der Waals surface area contributed by atoms with Crippen molar-refractivity contribution in [2.75, 3.05) is 45.9 Å². The predicted octanol–water partition coefficient (Wildman–Crippen LogP) is 2.38. The number of halogens is 1. The largest absolute Gasteiger partial charge is 0.493 e. The number of hydrogen-bond acceptors (Lipinski definition) is 4. The maximum Gasteiger partial charge on any atom is 0.123 e. The van der Waals surface area contributed by atoms with Crippen LogP contribution < -0.4 is 10.1 Å². The second-order valence-electron chi connectivity index (χ2n) is 7.33. The van der Waals surface area contributed by atoms with E-state index in [-0.39, 0.29) is 12.4 Å². The normalized spacial score (nSPS) is 25.4. The van der Waals surface area contributed by atoms with Crippen LogP contribution in [0.15, 0.2) is 24.3 Å². The average molecular weight is 352 g/mol. The number of piperazine rings is 1. The van der Waals surface area contributed by atoms with Crippen LogP contribution in [0.2, 0.25) is 0 Å². The van der Waals surface area contributed by atoms with Crippen molar-refractivity contribution in [3.63, 3.8) is 0 Å². The van der Waals surface area contributed by atoms with Gasteiger partial charge in [-0.3, -0.25) is 9.80 Å². The molecule has 1 atom stereocenters. The van der Waals surface area contributed by atoms with E-state index in [9.17, 15) is 0 Å². The molecular weight excluding hydrogens is 322 g/mol. The molecule has 1 aromatic carbocycles. The van der Waals surface area contributed by atoms with Crippen LogP contribution in [0, 0.1) is 5.92 Å². The van der Waals surface area contributed by atoms with Crippen molar-refractivity contribution in [2.45, 2.75) is 31.8 Å². The maximum atomic E-state index is 6.07. The zero-order valence-corrected chi connectivity index (χ0v) is 15.3. The van der Waals surface area contributed by atoms with Crippen molar-refractivity contribution >= 4 is 12.4 Å². The number of rotatable bonds is 6. The molecule has 1 aromatic rings. The third-order valence-electron chi connectivity index (χ3n) is 5.45. The van der Waals surface area contributed by atoms with Crippen LogP contribution in [0.4, 0.5) is 0 Å². The molecule has 3 aliphatic rings. The summed E-state index contributed by atoms with van der Waals surface area (Å²) in [4.78, 5) is 5.28. The fourth-order valence-corrected chi connectivity index (χ4v) is 3.81. The summed E-state index contributed by atoms with van der Waals surface area (Å²) >= 11 is 0. The molecule has 3 fully saturated rings. The lowest BCUT2D eigenvalue weighted by Crippen LogP contribution is -2.49. The first-order valence-corrected chi connectivity index (χ1v) is 9.26. The van der Waals surface area contributed by atoms with Crippen LogP contribution in [0.1, 0.15) is 24.8 Å². The van der Waals surface area contributed by atoms with E-state index in [1.165, 1.54) is 51.0 Å². The molecule has 4 rings (SSSR count). The molecule has 1 unspecified atom stereocenters. The van der Waals surface area contributed by atoms with Gasteiger partial charge in [-0.25, -0.2) is 0 Å². The number of nitrogens with zero attached hydrogens (tertiary/aromatic N) is 2. The van der Waals surface area contributed by atoms with E-state index in [4.69, 9.17) is 4.74 Å². The van der Waals surface area contributed by atoms with Gasteiger partial charge in [0.25, 0.3) is 0 Å². The zero-order valence-electron chi connectivity index (χ0n) is 14.5. The molecule has 5 heteroatoms. The standard InChI is InChI=1S/C19H29N3O.ClH/c1-2-4-19(23-15-16-5-6-16)17(3-1)13-21-10-7-18(14-21)22-11-8-20-9-12-22;/h1-4,16,18,20H,5-15H2;1H. The summed E-state index contributed by atoms with van der Waals surface area (Å²) in [5.41, 5.74) is 1.36. The summed E-state index contributed by atoms with van der Waals surface area (Å²) in [5.74, 6) is 1.91. The molecule has 0 aromatic heterocycles. The zero-order chi connectivity index (χ0) is 15.5. The lowest BCUT2D eigenvalue weighted by molar-refractivity contribution is 0.170. The lowest BCUT2D eigenvalue weighted by Gasteiger charge is -2.32. The Balaban J connectivity index is 0.00000169. The van der Waals surface area contributed by atoms with Crippen molar-refractivity contribution in [2.24, 2.45) is 5.92 Å². The van der Waals surface area contributed by atoms with E-state index < -0.39 is 0 Å². The Hall–Kier alpha value is -0.810. The Bertz CT molecular complexity index is 517. The van der Waals surface area contributed by atoms with Gasteiger partial charge in [0.15, 0.2) is 0 Å². The molecule has 0 amide bonds. The quantitative estimate of drug-likeness (QED) is 0.851. The number of ether oxygens (including phenoxy) is 1. The minimum Gasteiger partial charge on any atom is -0.493 e. The summed E-state index contributed by atoms with van der Waals surface area (Å²) in [6.07, 6.45) is 4.01. The van der Waals surface area contributed by atoms with Gasteiger partial charge in [-0.15, -0.1) is 12.4 Å². The van der Waals surface area contributed by atoms with Crippen LogP contribution in [0.25, 0.3) is 0 Å². The average Bonchev–Trinajstić information content (AvgIpc) is 3.32. The first-order valence-electron chi connectivity index (χ1n) is 9.26. The summed E-state index contributed by atoms with van der Waals surface area (Å²) in [6.45, 7) is 9.06. The second kappa shape index (κ2) is 8.52. The fraction of sp³-hybridized carbons (Fsp3) is 0.684. The van der Waals surface area contributed by atoms with Crippen molar-refractivity contribution < 1.29 is 4.74 Å². The van der Waals surface area contributed by atoms with Crippen LogP contribution in [0.3, 0.4) is 0 Å². The molecule has 2 heterocycles. The van der Waals surface area contributed by atoms with Gasteiger partial charge in [-0.2, -0.15) is 0 Å². The van der Waals surface area contributed by atoms with E-state index in [1.807, 2.05) is 0 Å². The van der Waals surface area contributed by atoms with Crippen molar-refractivity contribution in [3.05, 3.63) is 29.8 Å². The van der Waals surface area contributed by atoms with Gasteiger partial charge in [-0.05, 0) is 31.2 Å². The minimum absolute atomic E-state index is 0. The van der Waals surface area contributed by atoms with Gasteiger partial charge in [0.1, 0.15) is 5.75 Å². The fourth-order valence-electron chi connectivity index (χ4n) is 3.81. The SMILES string of the molecule is Cl.c1ccc(OCC2CC2)c(CN2CCC(N3CCNCC3)C2)c1. The number of benzene rings is 1. The molecule has 1 aliphatic carbocycles.